The van der Waals surface area contributed by atoms with Crippen LogP contribution in [0.25, 0.3) is 0 Å². The van der Waals surface area contributed by atoms with E-state index < -0.39 is 31.3 Å². The summed E-state index contributed by atoms with van der Waals surface area (Å²) in [5, 5.41) is 10.0. The lowest BCUT2D eigenvalue weighted by Crippen LogP contribution is -2.47. The number of nitrogens with zero attached hydrogens (tertiary/aromatic N) is 1. The van der Waals surface area contributed by atoms with Crippen molar-refractivity contribution in [2.45, 2.75) is 31.3 Å². The van der Waals surface area contributed by atoms with Crippen molar-refractivity contribution in [1.82, 2.24) is 4.90 Å². The van der Waals surface area contributed by atoms with E-state index in [1.807, 2.05) is 29.2 Å². The van der Waals surface area contributed by atoms with E-state index >= 15 is 0 Å². The number of fused-ring (bicyclic) bond motifs is 1. The van der Waals surface area contributed by atoms with Gasteiger partial charge in [-0.15, -0.1) is 0 Å². The third-order valence-electron chi connectivity index (χ3n) is 5.21. The van der Waals surface area contributed by atoms with E-state index in [1.165, 1.54) is 0 Å². The van der Waals surface area contributed by atoms with Crippen LogP contribution >= 0.6 is 0 Å². The lowest BCUT2D eigenvalue weighted by Gasteiger charge is -2.33. The summed E-state index contributed by atoms with van der Waals surface area (Å²) < 4.78 is 37.6. The minimum Gasteiger partial charge on any atom is -0.394 e. The van der Waals surface area contributed by atoms with Crippen molar-refractivity contribution < 1.29 is 23.4 Å². The smallest absolute Gasteiger partial charge is 0.139 e. The Morgan fingerprint density at radius 2 is 1.27 bits per heavy atom. The molecule has 2 heterocycles. The van der Waals surface area contributed by atoms with Crippen molar-refractivity contribution in [2.24, 2.45) is 0 Å². The zero-order valence-electron chi connectivity index (χ0n) is 14.3. The highest BCUT2D eigenvalue weighted by Gasteiger charge is 2.56. The number of alkyl halides is 2. The van der Waals surface area contributed by atoms with E-state index in [4.69, 9.17) is 9.47 Å². The van der Waals surface area contributed by atoms with Gasteiger partial charge < -0.3 is 14.6 Å². The molecule has 26 heavy (non-hydrogen) atoms. The predicted molar refractivity (Wildman–Crippen MR) is 91.5 cm³/mol. The molecule has 0 amide bonds. The first-order valence-electron chi connectivity index (χ1n) is 8.63. The van der Waals surface area contributed by atoms with E-state index in [9.17, 15) is 13.9 Å². The fourth-order valence-corrected chi connectivity index (χ4v) is 3.67. The molecule has 0 spiro atoms. The maximum atomic E-state index is 12.8. The second kappa shape index (κ2) is 7.04. The van der Waals surface area contributed by atoms with Crippen LogP contribution in [0.1, 0.15) is 34.7 Å². The molecule has 3 atom stereocenters. The molecule has 4 nitrogen and oxygen atoms in total. The zero-order valence-corrected chi connectivity index (χ0v) is 14.3. The fraction of sp³-hybridized carbons (Fsp3) is 0.400. The molecular weight excluding hydrogens is 340 g/mol. The minimum atomic E-state index is -0.618. The number of ether oxygens (including phenoxy) is 2. The molecular formula is C20H21F2NO3. The number of hydrogen-bond donors (Lipinski definition) is 1. The predicted octanol–water partition coefficient (Wildman–Crippen LogP) is 3.42. The maximum Gasteiger partial charge on any atom is 0.139 e. The van der Waals surface area contributed by atoms with E-state index in [1.54, 1.807) is 24.3 Å². The maximum absolute atomic E-state index is 12.8. The van der Waals surface area contributed by atoms with Crippen LogP contribution in [0.15, 0.2) is 48.5 Å². The normalized spacial score (nSPS) is 28.4. The monoisotopic (exact) mass is 361 g/mol. The van der Waals surface area contributed by atoms with Crippen LogP contribution in [-0.4, -0.2) is 35.4 Å². The summed E-state index contributed by atoms with van der Waals surface area (Å²) in [5.74, 6) is 0. The van der Waals surface area contributed by atoms with E-state index in [2.05, 4.69) is 0 Å². The molecule has 2 aliphatic rings. The minimum absolute atomic E-state index is 0.0921. The number of hydrogen-bond acceptors (Lipinski definition) is 4. The van der Waals surface area contributed by atoms with Gasteiger partial charge in [0.2, 0.25) is 0 Å². The molecule has 0 aromatic heterocycles. The first-order valence-corrected chi connectivity index (χ1v) is 8.63. The first-order chi connectivity index (χ1) is 12.7. The third-order valence-corrected chi connectivity index (χ3v) is 5.21. The van der Waals surface area contributed by atoms with Crippen molar-refractivity contribution >= 4 is 0 Å². The van der Waals surface area contributed by atoms with Crippen molar-refractivity contribution in [2.75, 3.05) is 19.8 Å². The lowest BCUT2D eigenvalue weighted by molar-refractivity contribution is -0.0630. The van der Waals surface area contributed by atoms with E-state index in [0.717, 1.165) is 11.1 Å². The van der Waals surface area contributed by atoms with Crippen molar-refractivity contribution in [3.05, 3.63) is 70.8 Å². The summed E-state index contributed by atoms with van der Waals surface area (Å²) in [6.07, 6.45) is -0.798. The van der Waals surface area contributed by atoms with Gasteiger partial charge in [-0.1, -0.05) is 48.5 Å². The summed E-state index contributed by atoms with van der Waals surface area (Å²) in [7, 11) is 0. The Morgan fingerprint density at radius 3 is 1.62 bits per heavy atom. The fourth-order valence-electron chi connectivity index (χ4n) is 3.67. The van der Waals surface area contributed by atoms with Gasteiger partial charge in [0.15, 0.2) is 0 Å². The molecule has 2 aliphatic heterocycles. The Morgan fingerprint density at radius 1 is 0.846 bits per heavy atom. The van der Waals surface area contributed by atoms with Gasteiger partial charge in [-0.05, 0) is 22.3 Å². The van der Waals surface area contributed by atoms with Crippen LogP contribution in [0.2, 0.25) is 0 Å². The molecule has 1 unspecified atom stereocenters. The quantitative estimate of drug-likeness (QED) is 0.886. The van der Waals surface area contributed by atoms with Crippen LogP contribution in [0, 0.1) is 0 Å². The molecule has 0 bridgehead atoms. The number of halogens is 2. The molecule has 138 valence electrons. The summed E-state index contributed by atoms with van der Waals surface area (Å²) in [5.41, 5.74) is 2.36. The van der Waals surface area contributed by atoms with Crippen LogP contribution in [0.4, 0.5) is 8.78 Å². The first kappa shape index (κ1) is 17.5. The Balaban J connectivity index is 1.67. The van der Waals surface area contributed by atoms with Gasteiger partial charge in [-0.3, -0.25) is 0 Å². The van der Waals surface area contributed by atoms with Crippen molar-refractivity contribution in [3.8, 4) is 0 Å². The molecule has 1 N–H and O–H groups in total. The van der Waals surface area contributed by atoms with E-state index in [0.29, 0.717) is 24.3 Å². The number of aliphatic hydroxyl groups excluding tert-OH is 1. The average Bonchev–Trinajstić information content (AvgIpc) is 3.26. The average molecular weight is 361 g/mol. The standard InChI is InChI=1S/C20H21F2NO3/c21-9-14-1-5-16(6-2-14)18-23-19(17-7-3-15(10-22)4-8-17)26-13-20(23,11-24)12-25-18/h1-8,18-19,24H,9-13H2/t18-,19+,20?. The van der Waals surface area contributed by atoms with Gasteiger partial charge >= 0.3 is 0 Å². The van der Waals surface area contributed by atoms with Gasteiger partial charge in [0.05, 0.1) is 25.4 Å². The number of aliphatic hydroxyl groups is 1. The summed E-state index contributed by atoms with van der Waals surface area (Å²) in [6.45, 7) is -0.424. The van der Waals surface area contributed by atoms with Crippen LogP contribution in [0.3, 0.4) is 0 Å². The highest BCUT2D eigenvalue weighted by atomic mass is 19.1. The van der Waals surface area contributed by atoms with Crippen molar-refractivity contribution in [3.63, 3.8) is 0 Å². The van der Waals surface area contributed by atoms with Crippen LogP contribution < -0.4 is 0 Å². The molecule has 2 aromatic rings. The molecule has 0 saturated carbocycles. The largest absolute Gasteiger partial charge is 0.394 e. The second-order valence-corrected chi connectivity index (χ2v) is 6.87. The SMILES string of the molecule is OCC12CO[C@H](c3ccc(CF)cc3)N1[C@H](c1ccc(CF)cc1)OC2. The van der Waals surface area contributed by atoms with Gasteiger partial charge in [0.1, 0.15) is 25.8 Å². The summed E-state index contributed by atoms with van der Waals surface area (Å²) >= 11 is 0. The molecule has 0 aliphatic carbocycles. The van der Waals surface area contributed by atoms with Gasteiger partial charge in [-0.2, -0.15) is 0 Å². The molecule has 0 radical (unpaired) electrons. The second-order valence-electron chi connectivity index (χ2n) is 6.87. The summed E-state index contributed by atoms with van der Waals surface area (Å²) in [4.78, 5) is 2.03. The molecule has 2 fully saturated rings. The van der Waals surface area contributed by atoms with E-state index in [-0.39, 0.29) is 6.61 Å². The Hall–Kier alpha value is -1.86. The Labute approximate surface area is 151 Å². The third kappa shape index (κ3) is 2.83. The molecule has 2 saturated heterocycles. The molecule has 2 aromatic carbocycles. The zero-order chi connectivity index (χ0) is 18.1. The van der Waals surface area contributed by atoms with Gasteiger partial charge in [0.25, 0.3) is 0 Å². The topological polar surface area (TPSA) is 41.9 Å². The summed E-state index contributed by atoms with van der Waals surface area (Å²) in [6, 6.07) is 14.3. The van der Waals surface area contributed by atoms with Crippen LogP contribution in [0.5, 0.6) is 0 Å². The lowest BCUT2D eigenvalue weighted by atomic mass is 10.0. The number of benzene rings is 2. The molecule has 4 rings (SSSR count). The Bertz CT molecular complexity index is 691. The number of rotatable bonds is 5. The van der Waals surface area contributed by atoms with Crippen molar-refractivity contribution in [1.29, 1.82) is 0 Å². The highest BCUT2D eigenvalue weighted by molar-refractivity contribution is 5.29. The molecule has 6 heteroatoms. The van der Waals surface area contributed by atoms with Crippen LogP contribution in [-0.2, 0) is 22.8 Å². The van der Waals surface area contributed by atoms with Gasteiger partial charge in [0, 0.05) is 0 Å². The highest BCUT2D eigenvalue weighted by Crippen LogP contribution is 2.48. The van der Waals surface area contributed by atoms with Gasteiger partial charge in [-0.25, -0.2) is 13.7 Å². The Kier molecular flexibility index (Phi) is 4.75.